The molecule has 0 aliphatic heterocycles. The number of aromatic nitrogens is 2. The summed E-state index contributed by atoms with van der Waals surface area (Å²) in [6.07, 6.45) is 3.28. The molecule has 0 saturated carbocycles. The number of benzene rings is 1. The molecule has 2 aromatic rings. The average Bonchev–Trinajstić information content (AvgIpc) is 2.23. The summed E-state index contributed by atoms with van der Waals surface area (Å²) in [5.41, 5.74) is 2.28. The summed E-state index contributed by atoms with van der Waals surface area (Å²) in [4.78, 5) is 8.10. The van der Waals surface area contributed by atoms with Crippen LogP contribution in [0.4, 0.5) is 4.39 Å². The van der Waals surface area contributed by atoms with Crippen LogP contribution in [0, 0.1) is 19.7 Å². The van der Waals surface area contributed by atoms with Crippen LogP contribution in [0.25, 0.3) is 11.1 Å². The highest BCUT2D eigenvalue weighted by atomic mass is 19.1. The van der Waals surface area contributed by atoms with Gasteiger partial charge in [0.1, 0.15) is 11.6 Å². The van der Waals surface area contributed by atoms with E-state index < -0.39 is 0 Å². The molecule has 15 heavy (non-hydrogen) atoms. The van der Waals surface area contributed by atoms with Crippen molar-refractivity contribution in [2.75, 3.05) is 0 Å². The van der Waals surface area contributed by atoms with Crippen LogP contribution in [0.15, 0.2) is 30.6 Å². The third kappa shape index (κ3) is 2.01. The molecule has 1 aromatic heterocycles. The summed E-state index contributed by atoms with van der Waals surface area (Å²) in [5.74, 6) is 0.444. The standard InChI is InChI=1S/C12H11FN2/c1-8-3-4-12(13)11(5-8)10-6-14-9(2)15-7-10/h3-7H,1-2H3. The first kappa shape index (κ1) is 9.77. The Bertz CT molecular complexity index is 477. The fourth-order valence-corrected chi connectivity index (χ4v) is 1.39. The molecule has 1 heterocycles. The Hall–Kier alpha value is -1.77. The third-order valence-corrected chi connectivity index (χ3v) is 2.21. The van der Waals surface area contributed by atoms with E-state index in [9.17, 15) is 4.39 Å². The fraction of sp³-hybridized carbons (Fsp3) is 0.167. The summed E-state index contributed by atoms with van der Waals surface area (Å²) >= 11 is 0. The van der Waals surface area contributed by atoms with E-state index in [-0.39, 0.29) is 5.82 Å². The Morgan fingerprint density at radius 2 is 1.73 bits per heavy atom. The lowest BCUT2D eigenvalue weighted by atomic mass is 10.1. The minimum atomic E-state index is -0.243. The Kier molecular flexibility index (Phi) is 2.46. The molecule has 0 N–H and O–H groups in total. The Morgan fingerprint density at radius 3 is 2.40 bits per heavy atom. The van der Waals surface area contributed by atoms with Crippen molar-refractivity contribution in [3.05, 3.63) is 47.8 Å². The number of hydrogen-bond donors (Lipinski definition) is 0. The molecule has 2 nitrogen and oxygen atoms in total. The smallest absolute Gasteiger partial charge is 0.131 e. The molecule has 0 atom stereocenters. The molecule has 0 amide bonds. The van der Waals surface area contributed by atoms with Crippen LogP contribution >= 0.6 is 0 Å². The zero-order valence-corrected chi connectivity index (χ0v) is 8.66. The molecule has 0 radical (unpaired) electrons. The van der Waals surface area contributed by atoms with Gasteiger partial charge in [0, 0.05) is 23.5 Å². The molecule has 3 heteroatoms. The lowest BCUT2D eigenvalue weighted by Gasteiger charge is -2.03. The number of hydrogen-bond acceptors (Lipinski definition) is 2. The molecule has 0 fully saturated rings. The monoisotopic (exact) mass is 202 g/mol. The van der Waals surface area contributed by atoms with Gasteiger partial charge in [-0.25, -0.2) is 14.4 Å². The lowest BCUT2D eigenvalue weighted by Crippen LogP contribution is -1.90. The second-order valence-corrected chi connectivity index (χ2v) is 3.50. The van der Waals surface area contributed by atoms with Gasteiger partial charge in [-0.05, 0) is 26.0 Å². The van der Waals surface area contributed by atoms with Gasteiger partial charge in [0.15, 0.2) is 0 Å². The minimum absolute atomic E-state index is 0.243. The van der Waals surface area contributed by atoms with Crippen molar-refractivity contribution in [1.82, 2.24) is 9.97 Å². The van der Waals surface area contributed by atoms with E-state index in [1.807, 2.05) is 6.92 Å². The molecule has 0 bridgehead atoms. The van der Waals surface area contributed by atoms with Gasteiger partial charge in [-0.3, -0.25) is 0 Å². The van der Waals surface area contributed by atoms with Crippen LogP contribution in [0.1, 0.15) is 11.4 Å². The molecule has 0 unspecified atom stereocenters. The van der Waals surface area contributed by atoms with Gasteiger partial charge >= 0.3 is 0 Å². The largest absolute Gasteiger partial charge is 0.241 e. The topological polar surface area (TPSA) is 25.8 Å². The van der Waals surface area contributed by atoms with E-state index in [0.717, 1.165) is 5.56 Å². The zero-order valence-electron chi connectivity index (χ0n) is 8.66. The molecule has 2 rings (SSSR count). The highest BCUT2D eigenvalue weighted by Crippen LogP contribution is 2.22. The minimum Gasteiger partial charge on any atom is -0.241 e. The molecule has 0 saturated heterocycles. The molecule has 1 aromatic carbocycles. The Morgan fingerprint density at radius 1 is 1.07 bits per heavy atom. The summed E-state index contributed by atoms with van der Waals surface area (Å²) in [6.45, 7) is 3.73. The van der Waals surface area contributed by atoms with E-state index >= 15 is 0 Å². The van der Waals surface area contributed by atoms with Gasteiger partial charge in [0.05, 0.1) is 0 Å². The predicted molar refractivity (Wildman–Crippen MR) is 56.9 cm³/mol. The Labute approximate surface area is 87.8 Å². The van der Waals surface area contributed by atoms with Crippen LogP contribution < -0.4 is 0 Å². The first-order valence-electron chi connectivity index (χ1n) is 4.72. The summed E-state index contributed by atoms with van der Waals surface area (Å²) in [6, 6.07) is 5.00. The van der Waals surface area contributed by atoms with E-state index in [1.54, 1.807) is 31.5 Å². The number of halogens is 1. The first-order chi connectivity index (χ1) is 7.16. The van der Waals surface area contributed by atoms with Crippen molar-refractivity contribution in [3.8, 4) is 11.1 Å². The van der Waals surface area contributed by atoms with Crippen molar-refractivity contribution in [3.63, 3.8) is 0 Å². The average molecular weight is 202 g/mol. The van der Waals surface area contributed by atoms with E-state index in [2.05, 4.69) is 9.97 Å². The maximum absolute atomic E-state index is 13.5. The summed E-state index contributed by atoms with van der Waals surface area (Å²) < 4.78 is 13.5. The van der Waals surface area contributed by atoms with Gasteiger partial charge in [-0.1, -0.05) is 11.6 Å². The van der Waals surface area contributed by atoms with Crippen LogP contribution in [0.2, 0.25) is 0 Å². The maximum atomic E-state index is 13.5. The highest BCUT2D eigenvalue weighted by Gasteiger charge is 2.05. The van der Waals surface area contributed by atoms with Crippen LogP contribution in [0.5, 0.6) is 0 Å². The normalized spacial score (nSPS) is 10.3. The maximum Gasteiger partial charge on any atom is 0.131 e. The molecular formula is C12H11FN2. The van der Waals surface area contributed by atoms with Crippen molar-refractivity contribution in [2.24, 2.45) is 0 Å². The second kappa shape index (κ2) is 3.77. The number of nitrogens with zero attached hydrogens (tertiary/aromatic N) is 2. The van der Waals surface area contributed by atoms with E-state index in [0.29, 0.717) is 17.0 Å². The van der Waals surface area contributed by atoms with Gasteiger partial charge in [0.2, 0.25) is 0 Å². The van der Waals surface area contributed by atoms with E-state index in [4.69, 9.17) is 0 Å². The van der Waals surface area contributed by atoms with Gasteiger partial charge in [-0.15, -0.1) is 0 Å². The third-order valence-electron chi connectivity index (χ3n) is 2.21. The van der Waals surface area contributed by atoms with Crippen molar-refractivity contribution < 1.29 is 4.39 Å². The van der Waals surface area contributed by atoms with Gasteiger partial charge in [-0.2, -0.15) is 0 Å². The van der Waals surface area contributed by atoms with Crippen LogP contribution in [-0.4, -0.2) is 9.97 Å². The SMILES string of the molecule is Cc1ccc(F)c(-c2cnc(C)nc2)c1. The summed E-state index contributed by atoms with van der Waals surface area (Å²) in [5, 5.41) is 0. The summed E-state index contributed by atoms with van der Waals surface area (Å²) in [7, 11) is 0. The van der Waals surface area contributed by atoms with Crippen LogP contribution in [0.3, 0.4) is 0 Å². The lowest BCUT2D eigenvalue weighted by molar-refractivity contribution is 0.630. The van der Waals surface area contributed by atoms with Crippen molar-refractivity contribution in [1.29, 1.82) is 0 Å². The fourth-order valence-electron chi connectivity index (χ4n) is 1.39. The van der Waals surface area contributed by atoms with Crippen molar-refractivity contribution in [2.45, 2.75) is 13.8 Å². The number of aryl methyl sites for hydroxylation is 2. The molecule has 0 aliphatic rings. The van der Waals surface area contributed by atoms with Crippen LogP contribution in [-0.2, 0) is 0 Å². The van der Waals surface area contributed by atoms with Gasteiger partial charge < -0.3 is 0 Å². The second-order valence-electron chi connectivity index (χ2n) is 3.50. The van der Waals surface area contributed by atoms with E-state index in [1.165, 1.54) is 6.07 Å². The Balaban J connectivity index is 2.53. The van der Waals surface area contributed by atoms with Crippen molar-refractivity contribution >= 4 is 0 Å². The molecular weight excluding hydrogens is 191 g/mol. The zero-order chi connectivity index (χ0) is 10.8. The molecule has 76 valence electrons. The predicted octanol–water partition coefficient (Wildman–Crippen LogP) is 2.90. The molecule has 0 aliphatic carbocycles. The number of rotatable bonds is 1. The first-order valence-corrected chi connectivity index (χ1v) is 4.72. The van der Waals surface area contributed by atoms with Gasteiger partial charge in [0.25, 0.3) is 0 Å². The highest BCUT2D eigenvalue weighted by molar-refractivity contribution is 5.63. The molecule has 0 spiro atoms. The quantitative estimate of drug-likeness (QED) is 0.710.